The lowest BCUT2D eigenvalue weighted by Crippen LogP contribution is -2.31. The first-order valence-corrected chi connectivity index (χ1v) is 8.51. The highest BCUT2D eigenvalue weighted by atomic mass is 127. The number of para-hydroxylation sites is 1. The molecule has 0 atom stereocenters. The maximum atomic E-state index is 12.4. The van der Waals surface area contributed by atoms with Crippen LogP contribution in [0.3, 0.4) is 0 Å². The second kappa shape index (κ2) is 6.46. The third-order valence-corrected chi connectivity index (χ3v) is 5.40. The summed E-state index contributed by atoms with van der Waals surface area (Å²) < 4.78 is 1.10. The molecule has 1 aliphatic rings. The van der Waals surface area contributed by atoms with Crippen molar-refractivity contribution >= 4 is 34.2 Å². The number of halogens is 1. The molecule has 0 aromatic heterocycles. The number of nitrogens with one attached hydrogen (secondary N) is 1. The average Bonchev–Trinajstić information content (AvgIpc) is 2.40. The Labute approximate surface area is 135 Å². The number of rotatable bonds is 2. The molecule has 0 unspecified atom stereocenters. The third kappa shape index (κ3) is 3.96. The van der Waals surface area contributed by atoms with E-state index < -0.39 is 0 Å². The van der Waals surface area contributed by atoms with Crippen molar-refractivity contribution in [1.29, 1.82) is 0 Å². The van der Waals surface area contributed by atoms with E-state index in [0.29, 0.717) is 5.41 Å². The molecule has 1 fully saturated rings. The van der Waals surface area contributed by atoms with Crippen LogP contribution < -0.4 is 5.32 Å². The minimum absolute atomic E-state index is 0.185. The molecule has 1 saturated carbocycles. The first kappa shape index (κ1) is 15.8. The lowest BCUT2D eigenvalue weighted by atomic mass is 9.69. The Hall–Kier alpha value is -0.580. The summed E-state index contributed by atoms with van der Waals surface area (Å²) in [6.45, 7) is 6.93. The molecule has 110 valence electrons. The van der Waals surface area contributed by atoms with Gasteiger partial charge in [-0.2, -0.15) is 0 Å². The summed E-state index contributed by atoms with van der Waals surface area (Å²) in [5.74, 6) is 1.13. The Morgan fingerprint density at radius 3 is 2.30 bits per heavy atom. The molecule has 0 aliphatic heterocycles. The van der Waals surface area contributed by atoms with E-state index in [0.717, 1.165) is 28.0 Å². The van der Waals surface area contributed by atoms with Crippen LogP contribution >= 0.6 is 22.6 Å². The molecule has 0 saturated heterocycles. The summed E-state index contributed by atoms with van der Waals surface area (Å²) in [6, 6.07) is 7.95. The lowest BCUT2D eigenvalue weighted by molar-refractivity contribution is -0.121. The van der Waals surface area contributed by atoms with Crippen LogP contribution in [-0.4, -0.2) is 5.91 Å². The summed E-state index contributed by atoms with van der Waals surface area (Å²) >= 11 is 2.26. The van der Waals surface area contributed by atoms with Crippen molar-refractivity contribution in [1.82, 2.24) is 0 Å². The first-order chi connectivity index (χ1) is 9.38. The Morgan fingerprint density at radius 1 is 1.15 bits per heavy atom. The van der Waals surface area contributed by atoms with E-state index in [1.807, 2.05) is 24.3 Å². The van der Waals surface area contributed by atoms with Crippen LogP contribution in [0.2, 0.25) is 0 Å². The Kier molecular flexibility index (Phi) is 5.10. The van der Waals surface area contributed by atoms with E-state index >= 15 is 0 Å². The highest BCUT2D eigenvalue weighted by Crippen LogP contribution is 2.40. The van der Waals surface area contributed by atoms with Gasteiger partial charge in [-0.15, -0.1) is 0 Å². The third-order valence-electron chi connectivity index (χ3n) is 4.45. The molecule has 1 aromatic carbocycles. The number of carbonyl (C=O) groups excluding carboxylic acids is 1. The van der Waals surface area contributed by atoms with Gasteiger partial charge in [-0.25, -0.2) is 0 Å². The molecule has 0 spiro atoms. The van der Waals surface area contributed by atoms with E-state index in [9.17, 15) is 4.79 Å². The predicted octanol–water partition coefficient (Wildman–Crippen LogP) is 5.08. The zero-order valence-corrected chi connectivity index (χ0v) is 14.7. The molecule has 1 N–H and O–H groups in total. The molecule has 1 aromatic rings. The summed E-state index contributed by atoms with van der Waals surface area (Å²) in [5.41, 5.74) is 1.31. The number of hydrogen-bond donors (Lipinski definition) is 1. The van der Waals surface area contributed by atoms with Crippen LogP contribution in [0.5, 0.6) is 0 Å². The fourth-order valence-electron chi connectivity index (χ4n) is 3.02. The summed E-state index contributed by atoms with van der Waals surface area (Å²) in [4.78, 5) is 12.4. The van der Waals surface area contributed by atoms with Crippen LogP contribution in [0.15, 0.2) is 24.3 Å². The first-order valence-electron chi connectivity index (χ1n) is 7.43. The van der Waals surface area contributed by atoms with E-state index in [-0.39, 0.29) is 11.8 Å². The molecule has 20 heavy (non-hydrogen) atoms. The van der Waals surface area contributed by atoms with Crippen molar-refractivity contribution in [2.45, 2.75) is 46.5 Å². The van der Waals surface area contributed by atoms with E-state index in [1.165, 1.54) is 12.8 Å². The molecule has 2 nitrogen and oxygen atoms in total. The van der Waals surface area contributed by atoms with Crippen LogP contribution in [-0.2, 0) is 4.79 Å². The molecule has 0 radical (unpaired) electrons. The van der Waals surface area contributed by atoms with Crippen molar-refractivity contribution in [2.75, 3.05) is 5.32 Å². The molecule has 0 heterocycles. The Morgan fingerprint density at radius 2 is 1.75 bits per heavy atom. The molecular weight excluding hydrogens is 361 g/mol. The number of benzene rings is 1. The number of amides is 1. The largest absolute Gasteiger partial charge is 0.325 e. The minimum Gasteiger partial charge on any atom is -0.325 e. The highest BCUT2D eigenvalue weighted by Gasteiger charge is 2.32. The van der Waals surface area contributed by atoms with Gasteiger partial charge < -0.3 is 5.32 Å². The lowest BCUT2D eigenvalue weighted by Gasteiger charge is -2.36. The van der Waals surface area contributed by atoms with Gasteiger partial charge in [-0.1, -0.05) is 32.9 Å². The summed E-state index contributed by atoms with van der Waals surface area (Å²) in [5, 5.41) is 3.09. The molecule has 0 bridgehead atoms. The average molecular weight is 385 g/mol. The van der Waals surface area contributed by atoms with Gasteiger partial charge in [-0.05, 0) is 71.7 Å². The standard InChI is InChI=1S/C17H24INO/c1-17(2,3)13-10-8-12(9-11-13)16(20)19-15-7-5-4-6-14(15)18/h4-7,12-13H,8-11H2,1-3H3,(H,19,20). The predicted molar refractivity (Wildman–Crippen MR) is 92.7 cm³/mol. The van der Waals surface area contributed by atoms with Crippen LogP contribution in [0.4, 0.5) is 5.69 Å². The van der Waals surface area contributed by atoms with Gasteiger partial charge in [0.25, 0.3) is 0 Å². The zero-order valence-electron chi connectivity index (χ0n) is 12.6. The highest BCUT2D eigenvalue weighted by molar-refractivity contribution is 14.1. The number of anilines is 1. The second-order valence-corrected chi connectivity index (χ2v) is 8.05. The molecule has 3 heteroatoms. The maximum Gasteiger partial charge on any atom is 0.227 e. The smallest absolute Gasteiger partial charge is 0.227 e. The minimum atomic E-state index is 0.185. The maximum absolute atomic E-state index is 12.4. The summed E-state index contributed by atoms with van der Waals surface area (Å²) in [7, 11) is 0. The van der Waals surface area contributed by atoms with Crippen molar-refractivity contribution in [3.8, 4) is 0 Å². The number of hydrogen-bond acceptors (Lipinski definition) is 1. The van der Waals surface area contributed by atoms with Crippen molar-refractivity contribution in [3.63, 3.8) is 0 Å². The summed E-state index contributed by atoms with van der Waals surface area (Å²) in [6.07, 6.45) is 4.40. The fraction of sp³-hybridized carbons (Fsp3) is 0.588. The Bertz CT molecular complexity index is 470. The quantitative estimate of drug-likeness (QED) is 0.707. The van der Waals surface area contributed by atoms with Gasteiger partial charge in [0.2, 0.25) is 5.91 Å². The molecule has 1 aliphatic carbocycles. The van der Waals surface area contributed by atoms with Gasteiger partial charge in [0.1, 0.15) is 0 Å². The molecular formula is C17H24INO. The van der Waals surface area contributed by atoms with Gasteiger partial charge >= 0.3 is 0 Å². The van der Waals surface area contributed by atoms with Crippen molar-refractivity contribution < 1.29 is 4.79 Å². The normalized spacial score (nSPS) is 23.4. The van der Waals surface area contributed by atoms with Crippen molar-refractivity contribution in [2.24, 2.45) is 17.3 Å². The molecule has 2 rings (SSSR count). The van der Waals surface area contributed by atoms with E-state index in [1.54, 1.807) is 0 Å². The Balaban J connectivity index is 1.91. The fourth-order valence-corrected chi connectivity index (χ4v) is 3.54. The van der Waals surface area contributed by atoms with Crippen molar-refractivity contribution in [3.05, 3.63) is 27.8 Å². The van der Waals surface area contributed by atoms with Gasteiger partial charge in [0, 0.05) is 9.49 Å². The zero-order chi connectivity index (χ0) is 14.8. The van der Waals surface area contributed by atoms with Crippen LogP contribution in [0.25, 0.3) is 0 Å². The van der Waals surface area contributed by atoms with Gasteiger partial charge in [0.15, 0.2) is 0 Å². The monoisotopic (exact) mass is 385 g/mol. The second-order valence-electron chi connectivity index (χ2n) is 6.88. The van der Waals surface area contributed by atoms with E-state index in [2.05, 4.69) is 48.7 Å². The van der Waals surface area contributed by atoms with Gasteiger partial charge in [0.05, 0.1) is 5.69 Å². The van der Waals surface area contributed by atoms with E-state index in [4.69, 9.17) is 0 Å². The number of carbonyl (C=O) groups is 1. The molecule has 1 amide bonds. The van der Waals surface area contributed by atoms with Crippen LogP contribution in [0.1, 0.15) is 46.5 Å². The SMILES string of the molecule is CC(C)(C)C1CCC(C(=O)Nc2ccccc2I)CC1. The topological polar surface area (TPSA) is 29.1 Å². The van der Waals surface area contributed by atoms with Crippen LogP contribution in [0, 0.1) is 20.8 Å². The van der Waals surface area contributed by atoms with Gasteiger partial charge in [-0.3, -0.25) is 4.79 Å².